The van der Waals surface area contributed by atoms with Gasteiger partial charge in [-0.05, 0) is 55.5 Å². The van der Waals surface area contributed by atoms with E-state index in [-0.39, 0.29) is 17.9 Å². The Balaban J connectivity index is 1.69. The number of aliphatic hydroxyl groups is 1. The quantitative estimate of drug-likeness (QED) is 0.692. The molecule has 1 heterocycles. The van der Waals surface area contributed by atoms with Gasteiger partial charge in [0.25, 0.3) is 0 Å². The van der Waals surface area contributed by atoms with E-state index in [9.17, 15) is 10.2 Å². The number of aromatic nitrogens is 2. The highest BCUT2D eigenvalue weighted by molar-refractivity contribution is 5.63. The van der Waals surface area contributed by atoms with E-state index in [4.69, 9.17) is 0 Å². The monoisotopic (exact) mass is 273 g/mol. The number of phenolic OH excluding ortho intramolecular Hbond substituents is 1. The molecular formula is C15H19N3O2. The smallest absolute Gasteiger partial charge is 0.148 e. The Labute approximate surface area is 117 Å². The Morgan fingerprint density at radius 3 is 2.75 bits per heavy atom. The van der Waals surface area contributed by atoms with Crippen LogP contribution in [0.3, 0.4) is 0 Å². The first-order chi connectivity index (χ1) is 9.70. The van der Waals surface area contributed by atoms with Gasteiger partial charge in [-0.15, -0.1) is 0 Å². The fourth-order valence-corrected chi connectivity index (χ4v) is 2.69. The van der Waals surface area contributed by atoms with Crippen LogP contribution in [0, 0.1) is 0 Å². The summed E-state index contributed by atoms with van der Waals surface area (Å²) >= 11 is 0. The summed E-state index contributed by atoms with van der Waals surface area (Å²) in [6, 6.07) is 9.23. The SMILES string of the molecule is Oc1ccc(-c2cc(NC3CCCC(O)C3)n[nH]2)cc1. The highest BCUT2D eigenvalue weighted by Crippen LogP contribution is 2.25. The number of benzene rings is 1. The lowest BCUT2D eigenvalue weighted by Gasteiger charge is -2.26. The fraction of sp³-hybridized carbons (Fsp3) is 0.400. The minimum atomic E-state index is -0.197. The Morgan fingerprint density at radius 1 is 1.20 bits per heavy atom. The molecule has 1 aromatic heterocycles. The number of nitrogens with one attached hydrogen (secondary N) is 2. The maximum atomic E-state index is 9.67. The van der Waals surface area contributed by atoms with Crippen molar-refractivity contribution in [1.29, 1.82) is 0 Å². The molecule has 106 valence electrons. The number of phenols is 1. The molecule has 5 heteroatoms. The third-order valence-electron chi connectivity index (χ3n) is 3.75. The second kappa shape index (κ2) is 5.54. The highest BCUT2D eigenvalue weighted by atomic mass is 16.3. The number of H-pyrrole nitrogens is 1. The molecule has 0 aliphatic heterocycles. The summed E-state index contributed by atoms with van der Waals surface area (Å²) in [6.07, 6.45) is 3.60. The molecule has 2 aromatic rings. The molecule has 1 aromatic carbocycles. The summed E-state index contributed by atoms with van der Waals surface area (Å²) in [5, 5.41) is 29.6. The van der Waals surface area contributed by atoms with Gasteiger partial charge in [0.2, 0.25) is 0 Å². The first kappa shape index (κ1) is 13.0. The zero-order chi connectivity index (χ0) is 13.9. The first-order valence-corrected chi connectivity index (χ1v) is 7.00. The number of aliphatic hydroxyl groups excluding tert-OH is 1. The molecular weight excluding hydrogens is 254 g/mol. The Bertz CT molecular complexity index is 565. The predicted octanol–water partition coefficient (Wildman–Crippen LogP) is 2.50. The van der Waals surface area contributed by atoms with Crippen LogP contribution in [0.25, 0.3) is 11.3 Å². The van der Waals surface area contributed by atoms with Gasteiger partial charge in [-0.1, -0.05) is 0 Å². The van der Waals surface area contributed by atoms with E-state index in [1.807, 2.05) is 18.2 Å². The van der Waals surface area contributed by atoms with Crippen molar-refractivity contribution >= 4 is 5.82 Å². The number of aromatic amines is 1. The lowest BCUT2D eigenvalue weighted by molar-refractivity contribution is 0.124. The molecule has 1 aliphatic rings. The zero-order valence-corrected chi connectivity index (χ0v) is 11.2. The molecule has 2 atom stereocenters. The van der Waals surface area contributed by atoms with Crippen LogP contribution in [0.4, 0.5) is 5.82 Å². The van der Waals surface area contributed by atoms with Crippen LogP contribution in [0.15, 0.2) is 30.3 Å². The van der Waals surface area contributed by atoms with Gasteiger partial charge >= 0.3 is 0 Å². The van der Waals surface area contributed by atoms with Gasteiger partial charge in [0, 0.05) is 12.1 Å². The molecule has 0 spiro atoms. The Morgan fingerprint density at radius 2 is 2.00 bits per heavy atom. The van der Waals surface area contributed by atoms with Gasteiger partial charge in [0.05, 0.1) is 11.8 Å². The second-order valence-electron chi connectivity index (χ2n) is 5.38. The maximum absolute atomic E-state index is 9.67. The summed E-state index contributed by atoms with van der Waals surface area (Å²) in [7, 11) is 0. The lowest BCUT2D eigenvalue weighted by atomic mass is 9.93. The van der Waals surface area contributed by atoms with E-state index in [1.54, 1.807) is 12.1 Å². The fourth-order valence-electron chi connectivity index (χ4n) is 2.69. The van der Waals surface area contributed by atoms with E-state index in [0.717, 1.165) is 42.8 Å². The summed E-state index contributed by atoms with van der Waals surface area (Å²) < 4.78 is 0. The van der Waals surface area contributed by atoms with Gasteiger partial charge in [-0.2, -0.15) is 5.10 Å². The summed E-state index contributed by atoms with van der Waals surface area (Å²) in [4.78, 5) is 0. The van der Waals surface area contributed by atoms with Crippen molar-refractivity contribution in [3.8, 4) is 17.0 Å². The predicted molar refractivity (Wildman–Crippen MR) is 77.6 cm³/mol. The number of hydrogen-bond acceptors (Lipinski definition) is 4. The molecule has 1 fully saturated rings. The number of nitrogens with zero attached hydrogens (tertiary/aromatic N) is 1. The second-order valence-corrected chi connectivity index (χ2v) is 5.38. The van der Waals surface area contributed by atoms with E-state index in [1.165, 1.54) is 0 Å². The van der Waals surface area contributed by atoms with E-state index >= 15 is 0 Å². The number of anilines is 1. The summed E-state index contributed by atoms with van der Waals surface area (Å²) in [5.74, 6) is 1.05. The summed E-state index contributed by atoms with van der Waals surface area (Å²) in [6.45, 7) is 0. The van der Waals surface area contributed by atoms with Crippen molar-refractivity contribution in [1.82, 2.24) is 10.2 Å². The number of rotatable bonds is 3. The average molecular weight is 273 g/mol. The zero-order valence-electron chi connectivity index (χ0n) is 11.2. The molecule has 20 heavy (non-hydrogen) atoms. The normalized spacial score (nSPS) is 22.6. The van der Waals surface area contributed by atoms with Gasteiger partial charge in [0.15, 0.2) is 0 Å². The molecule has 0 bridgehead atoms. The number of aromatic hydroxyl groups is 1. The van der Waals surface area contributed by atoms with E-state index in [0.29, 0.717) is 0 Å². The molecule has 0 radical (unpaired) electrons. The minimum Gasteiger partial charge on any atom is -0.508 e. The van der Waals surface area contributed by atoms with Crippen molar-refractivity contribution in [3.05, 3.63) is 30.3 Å². The number of hydrogen-bond donors (Lipinski definition) is 4. The van der Waals surface area contributed by atoms with Crippen LogP contribution in [0.1, 0.15) is 25.7 Å². The van der Waals surface area contributed by atoms with Crippen molar-refractivity contribution in [2.45, 2.75) is 37.8 Å². The largest absolute Gasteiger partial charge is 0.508 e. The average Bonchev–Trinajstić information content (AvgIpc) is 2.88. The third-order valence-corrected chi connectivity index (χ3v) is 3.75. The standard InChI is InChI=1S/C15H19N3O2/c19-12-6-4-10(5-7-12)14-9-15(18-17-14)16-11-2-1-3-13(20)8-11/h4-7,9,11,13,19-20H,1-3,8H2,(H2,16,17,18). The Hall–Kier alpha value is -2.01. The molecule has 2 unspecified atom stereocenters. The van der Waals surface area contributed by atoms with Crippen molar-refractivity contribution in [2.75, 3.05) is 5.32 Å². The lowest BCUT2D eigenvalue weighted by Crippen LogP contribution is -2.29. The maximum Gasteiger partial charge on any atom is 0.148 e. The molecule has 1 aliphatic carbocycles. The van der Waals surface area contributed by atoms with Gasteiger partial charge in [-0.3, -0.25) is 5.10 Å². The van der Waals surface area contributed by atoms with Crippen molar-refractivity contribution < 1.29 is 10.2 Å². The molecule has 3 rings (SSSR count). The van der Waals surface area contributed by atoms with Crippen LogP contribution >= 0.6 is 0 Å². The van der Waals surface area contributed by atoms with Crippen molar-refractivity contribution in [3.63, 3.8) is 0 Å². The minimum absolute atomic E-state index is 0.197. The third kappa shape index (κ3) is 2.93. The van der Waals surface area contributed by atoms with Crippen LogP contribution in [-0.4, -0.2) is 32.6 Å². The van der Waals surface area contributed by atoms with E-state index in [2.05, 4.69) is 15.5 Å². The Kier molecular flexibility index (Phi) is 3.60. The summed E-state index contributed by atoms with van der Waals surface area (Å²) in [5.41, 5.74) is 1.89. The molecule has 4 N–H and O–H groups in total. The first-order valence-electron chi connectivity index (χ1n) is 7.00. The van der Waals surface area contributed by atoms with E-state index < -0.39 is 0 Å². The van der Waals surface area contributed by atoms with Gasteiger partial charge in [-0.25, -0.2) is 0 Å². The van der Waals surface area contributed by atoms with Crippen LogP contribution < -0.4 is 5.32 Å². The van der Waals surface area contributed by atoms with Crippen LogP contribution in [-0.2, 0) is 0 Å². The van der Waals surface area contributed by atoms with Gasteiger partial charge in [0.1, 0.15) is 11.6 Å². The molecule has 0 amide bonds. The van der Waals surface area contributed by atoms with Gasteiger partial charge < -0.3 is 15.5 Å². The molecule has 5 nitrogen and oxygen atoms in total. The van der Waals surface area contributed by atoms with Crippen LogP contribution in [0.2, 0.25) is 0 Å². The molecule has 1 saturated carbocycles. The highest BCUT2D eigenvalue weighted by Gasteiger charge is 2.20. The molecule has 0 saturated heterocycles. The van der Waals surface area contributed by atoms with Crippen LogP contribution in [0.5, 0.6) is 5.75 Å². The topological polar surface area (TPSA) is 81.2 Å². The van der Waals surface area contributed by atoms with Crippen molar-refractivity contribution in [2.24, 2.45) is 0 Å².